The number of halogens is 3. The number of ether oxygens (including phenoxy) is 1. The molecule has 0 bridgehead atoms. The van der Waals surface area contributed by atoms with E-state index in [1.54, 1.807) is 30.3 Å². The molecule has 2 aromatic rings. The number of carbonyl (C=O) groups is 2. The lowest BCUT2D eigenvalue weighted by Gasteiger charge is -2.15. The van der Waals surface area contributed by atoms with Crippen molar-refractivity contribution in [3.8, 4) is 5.75 Å². The lowest BCUT2D eigenvalue weighted by Crippen LogP contribution is -2.42. The van der Waals surface area contributed by atoms with Gasteiger partial charge in [-0.2, -0.15) is 13.2 Å². The summed E-state index contributed by atoms with van der Waals surface area (Å²) in [5, 5.41) is 1.93. The SMILES string of the molecule is COc1ccc(Sc2ccc(CC(C)NC(=O)C(F)(F)F)cc2)c(C=O)c1. The highest BCUT2D eigenvalue weighted by Gasteiger charge is 2.39. The van der Waals surface area contributed by atoms with Crippen molar-refractivity contribution in [2.24, 2.45) is 0 Å². The van der Waals surface area contributed by atoms with E-state index in [2.05, 4.69) is 0 Å². The molecular weight excluding hydrogens is 379 g/mol. The molecule has 0 heterocycles. The van der Waals surface area contributed by atoms with Crippen LogP contribution in [-0.2, 0) is 11.2 Å². The van der Waals surface area contributed by atoms with Crippen LogP contribution in [0.1, 0.15) is 22.8 Å². The Kier molecular flexibility index (Phi) is 6.90. The molecule has 144 valence electrons. The van der Waals surface area contributed by atoms with E-state index >= 15 is 0 Å². The van der Waals surface area contributed by atoms with Crippen molar-refractivity contribution in [3.05, 3.63) is 53.6 Å². The Labute approximate surface area is 159 Å². The normalized spacial score (nSPS) is 12.3. The fourth-order valence-corrected chi connectivity index (χ4v) is 3.26. The largest absolute Gasteiger partial charge is 0.497 e. The molecule has 0 aromatic heterocycles. The van der Waals surface area contributed by atoms with Crippen molar-refractivity contribution in [1.82, 2.24) is 5.32 Å². The Bertz CT molecular complexity index is 807. The van der Waals surface area contributed by atoms with E-state index in [-0.39, 0.29) is 6.42 Å². The van der Waals surface area contributed by atoms with Crippen molar-refractivity contribution >= 4 is 24.0 Å². The topological polar surface area (TPSA) is 55.4 Å². The van der Waals surface area contributed by atoms with Crippen LogP contribution in [0.5, 0.6) is 5.75 Å². The zero-order valence-corrected chi connectivity index (χ0v) is 15.5. The minimum absolute atomic E-state index is 0.273. The minimum Gasteiger partial charge on any atom is -0.497 e. The summed E-state index contributed by atoms with van der Waals surface area (Å²) in [6.07, 6.45) is -3.86. The van der Waals surface area contributed by atoms with Crippen molar-refractivity contribution in [2.45, 2.75) is 35.4 Å². The maximum Gasteiger partial charge on any atom is 0.471 e. The molecule has 4 nitrogen and oxygen atoms in total. The highest BCUT2D eigenvalue weighted by molar-refractivity contribution is 7.99. The Morgan fingerprint density at radius 2 is 1.89 bits per heavy atom. The van der Waals surface area contributed by atoms with Gasteiger partial charge in [-0.1, -0.05) is 23.9 Å². The summed E-state index contributed by atoms with van der Waals surface area (Å²) in [7, 11) is 1.52. The molecule has 1 atom stereocenters. The maximum atomic E-state index is 12.3. The molecule has 2 rings (SSSR count). The Morgan fingerprint density at radius 3 is 2.44 bits per heavy atom. The number of hydrogen-bond donors (Lipinski definition) is 1. The number of alkyl halides is 3. The number of amides is 1. The van der Waals surface area contributed by atoms with Crippen LogP contribution >= 0.6 is 11.8 Å². The van der Waals surface area contributed by atoms with Crippen LogP contribution in [0.3, 0.4) is 0 Å². The summed E-state index contributed by atoms with van der Waals surface area (Å²) in [4.78, 5) is 23.8. The molecule has 0 saturated carbocycles. The zero-order valence-electron chi connectivity index (χ0n) is 14.7. The number of hydrogen-bond acceptors (Lipinski definition) is 4. The predicted octanol–water partition coefficient (Wildman–Crippen LogP) is 4.27. The third kappa shape index (κ3) is 6.02. The summed E-state index contributed by atoms with van der Waals surface area (Å²) < 4.78 is 41.9. The minimum atomic E-state index is -4.89. The van der Waals surface area contributed by atoms with Crippen LogP contribution in [-0.4, -0.2) is 31.5 Å². The molecule has 0 radical (unpaired) electrons. The first-order valence-electron chi connectivity index (χ1n) is 8.00. The molecule has 8 heteroatoms. The van der Waals surface area contributed by atoms with Gasteiger partial charge >= 0.3 is 12.1 Å². The summed E-state index contributed by atoms with van der Waals surface area (Å²) in [6, 6.07) is 11.7. The number of carbonyl (C=O) groups excluding carboxylic acids is 2. The number of aldehydes is 1. The summed E-state index contributed by atoms with van der Waals surface area (Å²) >= 11 is 1.39. The van der Waals surface area contributed by atoms with Crippen LogP contribution in [0, 0.1) is 0 Å². The van der Waals surface area contributed by atoms with Gasteiger partial charge in [-0.25, -0.2) is 0 Å². The first-order chi connectivity index (χ1) is 12.7. The van der Waals surface area contributed by atoms with E-state index in [0.717, 1.165) is 21.6 Å². The lowest BCUT2D eigenvalue weighted by atomic mass is 10.1. The third-order valence-electron chi connectivity index (χ3n) is 3.67. The Morgan fingerprint density at radius 1 is 1.22 bits per heavy atom. The van der Waals surface area contributed by atoms with Crippen LogP contribution < -0.4 is 10.1 Å². The maximum absolute atomic E-state index is 12.3. The van der Waals surface area contributed by atoms with Crippen LogP contribution in [0.4, 0.5) is 13.2 Å². The van der Waals surface area contributed by atoms with Crippen LogP contribution in [0.2, 0.25) is 0 Å². The number of nitrogens with one attached hydrogen (secondary N) is 1. The average molecular weight is 397 g/mol. The molecule has 0 saturated heterocycles. The van der Waals surface area contributed by atoms with E-state index in [9.17, 15) is 22.8 Å². The first-order valence-corrected chi connectivity index (χ1v) is 8.82. The molecule has 0 aliphatic heterocycles. The predicted molar refractivity (Wildman–Crippen MR) is 96.3 cm³/mol. The Balaban J connectivity index is 2.01. The van der Waals surface area contributed by atoms with Gasteiger partial charge in [-0.05, 0) is 49.2 Å². The fourth-order valence-electron chi connectivity index (χ4n) is 2.37. The fraction of sp³-hybridized carbons (Fsp3) is 0.263. The van der Waals surface area contributed by atoms with Gasteiger partial charge < -0.3 is 10.1 Å². The van der Waals surface area contributed by atoms with Gasteiger partial charge in [-0.3, -0.25) is 9.59 Å². The van der Waals surface area contributed by atoms with Gasteiger partial charge in [0, 0.05) is 21.4 Å². The standard InChI is InChI=1S/C19H18F3NO3S/c1-12(23-18(25)19(20,21)22)9-13-3-6-16(7-4-13)27-17-8-5-15(26-2)10-14(17)11-24/h3-8,10-12H,9H2,1-2H3,(H,23,25). The van der Waals surface area contributed by atoms with Crippen molar-refractivity contribution < 1.29 is 27.5 Å². The monoisotopic (exact) mass is 397 g/mol. The Hall–Kier alpha value is -2.48. The van der Waals surface area contributed by atoms with Crippen molar-refractivity contribution in [2.75, 3.05) is 7.11 Å². The molecule has 0 fully saturated rings. The van der Waals surface area contributed by atoms with Gasteiger partial charge in [-0.15, -0.1) is 0 Å². The number of rotatable bonds is 7. The zero-order chi connectivity index (χ0) is 20.0. The highest BCUT2D eigenvalue weighted by atomic mass is 32.2. The second kappa shape index (κ2) is 8.94. The molecule has 0 spiro atoms. The molecule has 1 amide bonds. The smallest absolute Gasteiger partial charge is 0.471 e. The average Bonchev–Trinajstić information content (AvgIpc) is 2.62. The van der Waals surface area contributed by atoms with E-state index in [0.29, 0.717) is 11.3 Å². The number of methoxy groups -OCH3 is 1. The van der Waals surface area contributed by atoms with E-state index in [1.165, 1.54) is 25.8 Å². The molecule has 1 unspecified atom stereocenters. The molecule has 27 heavy (non-hydrogen) atoms. The summed E-state index contributed by atoms with van der Waals surface area (Å²) in [5.74, 6) is -1.35. The lowest BCUT2D eigenvalue weighted by molar-refractivity contribution is -0.174. The molecular formula is C19H18F3NO3S. The second-order valence-electron chi connectivity index (χ2n) is 5.84. The van der Waals surface area contributed by atoms with E-state index in [1.807, 2.05) is 17.4 Å². The van der Waals surface area contributed by atoms with Gasteiger partial charge in [0.2, 0.25) is 0 Å². The highest BCUT2D eigenvalue weighted by Crippen LogP contribution is 2.32. The quantitative estimate of drug-likeness (QED) is 0.709. The molecule has 0 aliphatic rings. The van der Waals surface area contributed by atoms with Gasteiger partial charge in [0.25, 0.3) is 0 Å². The number of benzene rings is 2. The van der Waals surface area contributed by atoms with Gasteiger partial charge in [0.05, 0.1) is 7.11 Å². The van der Waals surface area contributed by atoms with Gasteiger partial charge in [0.15, 0.2) is 6.29 Å². The van der Waals surface area contributed by atoms with Crippen LogP contribution in [0.25, 0.3) is 0 Å². The molecule has 0 aliphatic carbocycles. The van der Waals surface area contributed by atoms with Crippen molar-refractivity contribution in [3.63, 3.8) is 0 Å². The first kappa shape index (κ1) is 20.8. The van der Waals surface area contributed by atoms with Crippen LogP contribution in [0.15, 0.2) is 52.3 Å². The van der Waals surface area contributed by atoms with E-state index in [4.69, 9.17) is 4.74 Å². The second-order valence-corrected chi connectivity index (χ2v) is 6.96. The third-order valence-corrected chi connectivity index (χ3v) is 4.77. The van der Waals surface area contributed by atoms with E-state index < -0.39 is 18.1 Å². The molecule has 1 N–H and O–H groups in total. The van der Waals surface area contributed by atoms with Crippen molar-refractivity contribution in [1.29, 1.82) is 0 Å². The molecule has 2 aromatic carbocycles. The van der Waals surface area contributed by atoms with Gasteiger partial charge in [0.1, 0.15) is 5.75 Å². The summed E-state index contributed by atoms with van der Waals surface area (Å²) in [6.45, 7) is 1.51. The summed E-state index contributed by atoms with van der Waals surface area (Å²) in [5.41, 5.74) is 1.30.